The molecule has 0 atom stereocenters. The van der Waals surface area contributed by atoms with Gasteiger partial charge in [-0.1, -0.05) is 85.7 Å². The molecule has 0 aliphatic heterocycles. The third-order valence-electron chi connectivity index (χ3n) is 5.76. The molecule has 177 valence electrons. The molecule has 0 aliphatic rings. The Bertz CT molecular complexity index is 1060. The van der Waals surface area contributed by atoms with Crippen LogP contribution in [0.1, 0.15) is 117 Å². The molecule has 0 saturated heterocycles. The van der Waals surface area contributed by atoms with Gasteiger partial charge in [0.2, 0.25) is 0 Å². The second-order valence-corrected chi connectivity index (χ2v) is 10.8. The number of carbonyl (C=O) groups is 1. The Morgan fingerprint density at radius 3 is 1.70 bits per heavy atom. The van der Waals surface area contributed by atoms with Crippen LogP contribution in [-0.4, -0.2) is 43.8 Å². The van der Waals surface area contributed by atoms with Crippen molar-refractivity contribution in [1.29, 1.82) is 0 Å². The zero-order chi connectivity index (χ0) is 24.4. The maximum absolute atomic E-state index is 13.7. The molecular formula is C26H37NNaO4S. The summed E-state index contributed by atoms with van der Waals surface area (Å²) in [5, 5.41) is 5.23. The van der Waals surface area contributed by atoms with Gasteiger partial charge >= 0.3 is 10.3 Å². The van der Waals surface area contributed by atoms with Crippen molar-refractivity contribution in [2.75, 3.05) is 0 Å². The van der Waals surface area contributed by atoms with E-state index in [1.54, 1.807) is 12.1 Å². The Morgan fingerprint density at radius 2 is 1.30 bits per heavy atom. The molecule has 0 heterocycles. The van der Waals surface area contributed by atoms with Crippen LogP contribution in [0.25, 0.3) is 0 Å². The number of carbonyl (C=O) groups excluding carboxylic acids is 1. The van der Waals surface area contributed by atoms with Crippen molar-refractivity contribution >= 4 is 45.6 Å². The summed E-state index contributed by atoms with van der Waals surface area (Å²) in [6, 6.07) is 9.80. The van der Waals surface area contributed by atoms with Crippen LogP contribution < -0.4 is 9.32 Å². The van der Waals surface area contributed by atoms with E-state index in [1.165, 1.54) is 0 Å². The van der Waals surface area contributed by atoms with Crippen LogP contribution in [0.3, 0.4) is 0 Å². The maximum atomic E-state index is 13.7. The second-order valence-electron chi connectivity index (χ2n) is 9.66. The summed E-state index contributed by atoms with van der Waals surface area (Å²) in [6.07, 6.45) is 0.247. The summed E-state index contributed by atoms with van der Waals surface area (Å²) in [6.45, 7) is 16.3. The van der Waals surface area contributed by atoms with Crippen molar-refractivity contribution in [2.45, 2.75) is 85.5 Å². The molecule has 33 heavy (non-hydrogen) atoms. The molecule has 2 aromatic carbocycles. The van der Waals surface area contributed by atoms with Crippen molar-refractivity contribution in [2.24, 2.45) is 5.14 Å². The number of nitrogens with two attached hydrogens (primary N) is 1. The normalized spacial score (nSPS) is 11.9. The third-order valence-corrected chi connectivity index (χ3v) is 6.15. The van der Waals surface area contributed by atoms with E-state index in [4.69, 9.17) is 9.32 Å². The minimum absolute atomic E-state index is 0. The van der Waals surface area contributed by atoms with Gasteiger partial charge in [-0.3, -0.25) is 4.79 Å². The minimum Gasteiger partial charge on any atom is -0.370 e. The van der Waals surface area contributed by atoms with E-state index < -0.39 is 10.3 Å². The minimum atomic E-state index is -4.24. The molecule has 5 nitrogen and oxygen atoms in total. The van der Waals surface area contributed by atoms with Gasteiger partial charge in [0.25, 0.3) is 0 Å². The zero-order valence-electron chi connectivity index (χ0n) is 21.5. The second kappa shape index (κ2) is 12.0. The van der Waals surface area contributed by atoms with Crippen LogP contribution in [0.15, 0.2) is 30.3 Å². The van der Waals surface area contributed by atoms with E-state index >= 15 is 0 Å². The first-order valence-corrected chi connectivity index (χ1v) is 12.8. The first-order chi connectivity index (χ1) is 14.7. The van der Waals surface area contributed by atoms with E-state index in [2.05, 4.69) is 39.8 Å². The van der Waals surface area contributed by atoms with Crippen LogP contribution in [0.2, 0.25) is 0 Å². The predicted octanol–water partition coefficient (Wildman–Crippen LogP) is 5.81. The molecule has 0 saturated carbocycles. The molecule has 0 aliphatic carbocycles. The van der Waals surface area contributed by atoms with E-state index in [9.17, 15) is 13.2 Å². The summed E-state index contributed by atoms with van der Waals surface area (Å²) in [5.41, 5.74) is 5.16. The van der Waals surface area contributed by atoms with Crippen LogP contribution in [0, 0.1) is 0 Å². The van der Waals surface area contributed by atoms with Crippen LogP contribution in [-0.2, 0) is 16.7 Å². The van der Waals surface area contributed by atoms with Gasteiger partial charge in [0.1, 0.15) is 0 Å². The van der Waals surface area contributed by atoms with Gasteiger partial charge < -0.3 is 4.18 Å². The van der Waals surface area contributed by atoms with Crippen molar-refractivity contribution in [3.8, 4) is 5.75 Å². The van der Waals surface area contributed by atoms with Gasteiger partial charge in [-0.2, -0.15) is 13.6 Å². The molecule has 0 amide bonds. The third kappa shape index (κ3) is 7.40. The van der Waals surface area contributed by atoms with Crippen molar-refractivity contribution in [3.05, 3.63) is 63.7 Å². The summed E-state index contributed by atoms with van der Waals surface area (Å²) in [4.78, 5) is 13.7. The van der Waals surface area contributed by atoms with Gasteiger partial charge in [0.05, 0.1) is 0 Å². The fourth-order valence-corrected chi connectivity index (χ4v) is 4.68. The van der Waals surface area contributed by atoms with E-state index in [0.29, 0.717) is 16.7 Å². The molecule has 0 unspecified atom stereocenters. The summed E-state index contributed by atoms with van der Waals surface area (Å²) in [7, 11) is -4.24. The zero-order valence-corrected chi connectivity index (χ0v) is 24.3. The van der Waals surface area contributed by atoms with Crippen LogP contribution >= 0.6 is 0 Å². The fourth-order valence-electron chi connectivity index (χ4n) is 4.26. The number of benzene rings is 2. The topological polar surface area (TPSA) is 86.5 Å². The standard InChI is InChI=1S/C26H37NO4S.Na/c1-15(2)19-10-9-11-20(16(3)4)23(19)14-24(28)22-13-12-21(17(5)6)26(25(22)18(7)8)31-32(27,29)30;/h9-13,15-18H,14H2,1-8H3,(H2,27,29,30);. The molecule has 0 bridgehead atoms. The summed E-state index contributed by atoms with van der Waals surface area (Å²) >= 11 is 0. The average Bonchev–Trinajstić information content (AvgIpc) is 2.65. The van der Waals surface area contributed by atoms with E-state index in [0.717, 1.165) is 16.7 Å². The maximum Gasteiger partial charge on any atom is 0.380 e. The molecule has 0 fully saturated rings. The molecule has 2 aromatic rings. The van der Waals surface area contributed by atoms with Gasteiger partial charge in [-0.15, -0.1) is 0 Å². The smallest absolute Gasteiger partial charge is 0.370 e. The van der Waals surface area contributed by atoms with Gasteiger partial charge in [-0.25, -0.2) is 0 Å². The number of ketones is 1. The van der Waals surface area contributed by atoms with Crippen molar-refractivity contribution in [1.82, 2.24) is 0 Å². The van der Waals surface area contributed by atoms with Crippen molar-refractivity contribution < 1.29 is 17.4 Å². The quantitative estimate of drug-likeness (QED) is 0.361. The molecule has 0 aromatic heterocycles. The first-order valence-electron chi connectivity index (χ1n) is 11.3. The Morgan fingerprint density at radius 1 is 0.818 bits per heavy atom. The average molecular weight is 483 g/mol. The van der Waals surface area contributed by atoms with Crippen molar-refractivity contribution in [3.63, 3.8) is 0 Å². The Kier molecular flexibility index (Phi) is 10.8. The SMILES string of the molecule is CC(C)c1cccc(C(C)C)c1CC(=O)c1ccc(C(C)C)c(OS(N)(=O)=O)c1C(C)C.[Na]. The predicted molar refractivity (Wildman–Crippen MR) is 137 cm³/mol. The summed E-state index contributed by atoms with van der Waals surface area (Å²) in [5.74, 6) is 0.566. The Labute approximate surface area is 222 Å². The Hall–Kier alpha value is -1.18. The van der Waals surface area contributed by atoms with E-state index in [1.807, 2.05) is 33.8 Å². The van der Waals surface area contributed by atoms with Crippen LogP contribution in [0.4, 0.5) is 0 Å². The van der Waals surface area contributed by atoms with Gasteiger partial charge in [0.15, 0.2) is 11.5 Å². The molecular weight excluding hydrogens is 445 g/mol. The largest absolute Gasteiger partial charge is 0.380 e. The molecule has 2 rings (SSSR count). The number of Topliss-reactive ketones (excluding diaryl/α,β-unsaturated/α-hetero) is 1. The molecule has 7 heteroatoms. The molecule has 0 spiro atoms. The monoisotopic (exact) mass is 482 g/mol. The summed E-state index contributed by atoms with van der Waals surface area (Å²) < 4.78 is 28.9. The molecule has 1 radical (unpaired) electrons. The van der Waals surface area contributed by atoms with E-state index in [-0.39, 0.29) is 71.2 Å². The molecule has 2 N–H and O–H groups in total. The van der Waals surface area contributed by atoms with Gasteiger partial charge in [0, 0.05) is 47.1 Å². The number of rotatable bonds is 9. The first kappa shape index (κ1) is 29.9. The Balaban J connectivity index is 0.00000544. The number of hydrogen-bond donors (Lipinski definition) is 1. The number of hydrogen-bond acceptors (Lipinski definition) is 4. The van der Waals surface area contributed by atoms with Gasteiger partial charge in [-0.05, 0) is 45.9 Å². The van der Waals surface area contributed by atoms with Crippen LogP contribution in [0.5, 0.6) is 5.75 Å². The fraction of sp³-hybridized carbons (Fsp3) is 0.500.